The van der Waals surface area contributed by atoms with Gasteiger partial charge in [-0.3, -0.25) is 9.59 Å². The van der Waals surface area contributed by atoms with E-state index >= 15 is 0 Å². The van der Waals surface area contributed by atoms with Crippen LogP contribution in [0.3, 0.4) is 0 Å². The smallest absolute Gasteiger partial charge is 0.348 e. The van der Waals surface area contributed by atoms with Crippen molar-refractivity contribution in [2.45, 2.75) is 79.1 Å². The van der Waals surface area contributed by atoms with E-state index in [1.807, 2.05) is 0 Å². The fourth-order valence-corrected chi connectivity index (χ4v) is 8.74. The monoisotopic (exact) mass is 456 g/mol. The number of carbonyl (C=O) groups excluding carboxylic acids is 3. The van der Waals surface area contributed by atoms with Crippen LogP contribution in [0.2, 0.25) is 0 Å². The lowest BCUT2D eigenvalue weighted by Crippen LogP contribution is -2.60. The first-order valence-electron chi connectivity index (χ1n) is 12.5. The minimum absolute atomic E-state index is 0.0128. The van der Waals surface area contributed by atoms with E-state index in [0.29, 0.717) is 19.3 Å². The summed E-state index contributed by atoms with van der Waals surface area (Å²) in [6.07, 6.45) is 9.16. The van der Waals surface area contributed by atoms with Crippen LogP contribution in [0.25, 0.3) is 0 Å². The van der Waals surface area contributed by atoms with Crippen molar-refractivity contribution in [1.82, 2.24) is 0 Å². The molecule has 0 heterocycles. The molecule has 0 bridgehead atoms. The Bertz CT molecular complexity index is 991. The Hall–Kier alpha value is -1.95. The van der Waals surface area contributed by atoms with Gasteiger partial charge in [-0.05, 0) is 85.7 Å². The van der Waals surface area contributed by atoms with Gasteiger partial charge in [0.2, 0.25) is 0 Å². The average molecular weight is 457 g/mol. The van der Waals surface area contributed by atoms with Crippen molar-refractivity contribution < 1.29 is 29.6 Å². The molecular weight excluding hydrogens is 420 g/mol. The molecule has 2 N–H and O–H groups in total. The van der Waals surface area contributed by atoms with Gasteiger partial charge in [0, 0.05) is 17.8 Å². The first-order valence-corrected chi connectivity index (χ1v) is 12.5. The number of Topliss-reactive ketones (excluding diaryl/α,β-unsaturated/α-hetero) is 1. The molecule has 0 aliphatic heterocycles. The molecule has 7 atom stereocenters. The second-order valence-electron chi connectivity index (χ2n) is 12.7. The van der Waals surface area contributed by atoms with Crippen molar-refractivity contribution in [2.75, 3.05) is 0 Å². The number of hydrogen-bond acceptors (Lipinski definition) is 6. The first kappa shape index (κ1) is 22.8. The second kappa shape index (κ2) is 7.03. The molecule has 3 fully saturated rings. The highest BCUT2D eigenvalue weighted by Crippen LogP contribution is 2.69. The van der Waals surface area contributed by atoms with Gasteiger partial charge in [-0.25, -0.2) is 4.79 Å². The van der Waals surface area contributed by atoms with Gasteiger partial charge in [0.15, 0.2) is 17.3 Å². The molecule has 0 aromatic heterocycles. The van der Waals surface area contributed by atoms with Crippen LogP contribution in [0.4, 0.5) is 0 Å². The lowest BCUT2D eigenvalue weighted by Gasteiger charge is -2.63. The van der Waals surface area contributed by atoms with E-state index in [1.165, 1.54) is 0 Å². The molecule has 3 saturated carbocycles. The Kier molecular flexibility index (Phi) is 4.86. The fraction of sp³-hybridized carbons (Fsp3) is 0.741. The number of carbonyl (C=O) groups is 3. The molecule has 7 unspecified atom stereocenters. The summed E-state index contributed by atoms with van der Waals surface area (Å²) in [6.45, 7) is 8.70. The molecule has 0 radical (unpaired) electrons. The molecule has 5 aliphatic rings. The number of rotatable bonds is 1. The fourth-order valence-electron chi connectivity index (χ4n) is 8.74. The zero-order valence-corrected chi connectivity index (χ0v) is 20.1. The van der Waals surface area contributed by atoms with E-state index in [1.54, 1.807) is 12.2 Å². The van der Waals surface area contributed by atoms with Crippen LogP contribution in [-0.2, 0) is 19.3 Å². The molecule has 5 rings (SSSR count). The number of allylic oxidation sites excluding steroid dienone is 4. The van der Waals surface area contributed by atoms with Gasteiger partial charge in [0.25, 0.3) is 0 Å². The Morgan fingerprint density at radius 3 is 2.45 bits per heavy atom. The van der Waals surface area contributed by atoms with Gasteiger partial charge in [0.1, 0.15) is 0 Å². The Morgan fingerprint density at radius 2 is 1.76 bits per heavy atom. The standard InChI is InChI=1S/C27H36O6/c1-24(2)9-10-27(23(31)33-32)8-6-16-22(17(27)13-24)19(29)12-21-25(16,3)7-5-15-11-18(28)20(30)14-26(15,21)4/h12,14-17,22,30,32H,5-11,13H2,1-4H3. The Labute approximate surface area is 195 Å². The minimum atomic E-state index is -0.806. The van der Waals surface area contributed by atoms with Crippen molar-refractivity contribution in [2.24, 2.45) is 45.3 Å². The zero-order chi connectivity index (χ0) is 24.0. The zero-order valence-electron chi connectivity index (χ0n) is 20.1. The summed E-state index contributed by atoms with van der Waals surface area (Å²) in [5.41, 5.74) is -0.504. The molecule has 0 aromatic rings. The number of ketones is 2. The van der Waals surface area contributed by atoms with Gasteiger partial charge in [-0.1, -0.05) is 33.3 Å². The van der Waals surface area contributed by atoms with Crippen LogP contribution in [0, 0.1) is 45.3 Å². The van der Waals surface area contributed by atoms with Gasteiger partial charge in [0.05, 0.1) is 5.41 Å². The van der Waals surface area contributed by atoms with E-state index in [9.17, 15) is 24.7 Å². The van der Waals surface area contributed by atoms with E-state index in [2.05, 4.69) is 32.6 Å². The lowest BCUT2D eigenvalue weighted by atomic mass is 9.40. The number of fused-ring (bicyclic) bond motifs is 7. The summed E-state index contributed by atoms with van der Waals surface area (Å²) in [5.74, 6) is -1.19. The number of aliphatic hydroxyl groups excluding tert-OH is 1. The third kappa shape index (κ3) is 2.98. The molecule has 0 aromatic carbocycles. The Balaban J connectivity index is 1.62. The van der Waals surface area contributed by atoms with Crippen LogP contribution < -0.4 is 0 Å². The third-order valence-electron chi connectivity index (χ3n) is 10.6. The minimum Gasteiger partial charge on any atom is -0.505 e. The van der Waals surface area contributed by atoms with Crippen molar-refractivity contribution in [1.29, 1.82) is 0 Å². The third-order valence-corrected chi connectivity index (χ3v) is 10.6. The summed E-state index contributed by atoms with van der Waals surface area (Å²) in [7, 11) is 0. The van der Waals surface area contributed by atoms with E-state index in [4.69, 9.17) is 0 Å². The molecule has 0 saturated heterocycles. The Morgan fingerprint density at radius 1 is 1.03 bits per heavy atom. The van der Waals surface area contributed by atoms with Gasteiger partial charge < -0.3 is 9.99 Å². The quantitative estimate of drug-likeness (QED) is 0.416. The molecule has 5 aliphatic carbocycles. The molecule has 0 spiro atoms. The summed E-state index contributed by atoms with van der Waals surface area (Å²) < 4.78 is 0. The maximum absolute atomic E-state index is 13.9. The maximum Gasteiger partial charge on any atom is 0.348 e. The van der Waals surface area contributed by atoms with E-state index < -0.39 is 16.8 Å². The van der Waals surface area contributed by atoms with Crippen LogP contribution in [0.15, 0.2) is 23.5 Å². The lowest BCUT2D eigenvalue weighted by molar-refractivity contribution is -0.257. The highest BCUT2D eigenvalue weighted by atomic mass is 17.1. The van der Waals surface area contributed by atoms with E-state index in [0.717, 1.165) is 37.7 Å². The number of hydrogen-bond donors (Lipinski definition) is 2. The van der Waals surface area contributed by atoms with Crippen LogP contribution in [0.1, 0.15) is 79.1 Å². The van der Waals surface area contributed by atoms with Crippen LogP contribution >= 0.6 is 0 Å². The molecule has 6 nitrogen and oxygen atoms in total. The summed E-state index contributed by atoms with van der Waals surface area (Å²) in [4.78, 5) is 43.3. The van der Waals surface area contributed by atoms with Crippen LogP contribution in [0.5, 0.6) is 0 Å². The van der Waals surface area contributed by atoms with Gasteiger partial charge in [-0.2, -0.15) is 5.26 Å². The molecular formula is C27H36O6. The first-order chi connectivity index (χ1) is 15.4. The maximum atomic E-state index is 13.9. The summed E-state index contributed by atoms with van der Waals surface area (Å²) in [6, 6.07) is 0. The van der Waals surface area contributed by atoms with Gasteiger partial charge in [-0.15, -0.1) is 0 Å². The van der Waals surface area contributed by atoms with Crippen LogP contribution in [-0.4, -0.2) is 27.9 Å². The molecule has 0 amide bonds. The topological polar surface area (TPSA) is 101 Å². The molecule has 180 valence electrons. The average Bonchev–Trinajstić information content (AvgIpc) is 2.75. The normalized spacial score (nSPS) is 46.1. The van der Waals surface area contributed by atoms with Crippen molar-refractivity contribution in [3.63, 3.8) is 0 Å². The summed E-state index contributed by atoms with van der Waals surface area (Å²) >= 11 is 0. The predicted molar refractivity (Wildman–Crippen MR) is 121 cm³/mol. The highest BCUT2D eigenvalue weighted by molar-refractivity contribution is 5.97. The van der Waals surface area contributed by atoms with Crippen molar-refractivity contribution >= 4 is 17.5 Å². The van der Waals surface area contributed by atoms with Crippen molar-refractivity contribution in [3.8, 4) is 0 Å². The van der Waals surface area contributed by atoms with Crippen molar-refractivity contribution in [3.05, 3.63) is 23.5 Å². The molecule has 33 heavy (non-hydrogen) atoms. The molecule has 6 heteroatoms. The van der Waals surface area contributed by atoms with Gasteiger partial charge >= 0.3 is 5.97 Å². The SMILES string of the molecule is CC1(C)CCC2(C(=O)OO)CCC3C(C(=O)C=C4C5(C)C=C(O)C(=O)CC5CCC43C)C2C1. The largest absolute Gasteiger partial charge is 0.505 e. The predicted octanol–water partition coefficient (Wildman–Crippen LogP) is 5.19. The second-order valence-corrected chi connectivity index (χ2v) is 12.7. The highest BCUT2D eigenvalue weighted by Gasteiger charge is 2.65. The van der Waals surface area contributed by atoms with E-state index in [-0.39, 0.29) is 51.8 Å². The summed E-state index contributed by atoms with van der Waals surface area (Å²) in [5, 5.41) is 19.7. The number of aliphatic hydroxyl groups is 1.